The van der Waals surface area contributed by atoms with Crippen LogP contribution in [0.15, 0.2) is 54.6 Å². The molecular weight excluding hydrogens is 396 g/mol. The smallest absolute Gasteiger partial charge is 0.162 e. The van der Waals surface area contributed by atoms with Crippen LogP contribution in [-0.4, -0.2) is 37.8 Å². The maximum Gasteiger partial charge on any atom is 0.162 e. The summed E-state index contributed by atoms with van der Waals surface area (Å²) in [6.45, 7) is 2.99. The first-order valence-corrected chi connectivity index (χ1v) is 11.9. The summed E-state index contributed by atoms with van der Waals surface area (Å²) in [4.78, 5) is 12.4. The summed E-state index contributed by atoms with van der Waals surface area (Å²) >= 11 is 0. The fourth-order valence-electron chi connectivity index (χ4n) is 5.21. The van der Waals surface area contributed by atoms with Crippen molar-refractivity contribution >= 4 is 16.7 Å². The van der Waals surface area contributed by atoms with Gasteiger partial charge in [-0.1, -0.05) is 48.9 Å². The van der Waals surface area contributed by atoms with E-state index in [4.69, 9.17) is 9.97 Å². The Hall–Kier alpha value is -3.28. The molecule has 0 amide bonds. The van der Waals surface area contributed by atoms with E-state index in [0.717, 1.165) is 67.0 Å². The average molecular weight is 425 g/mol. The third-order valence-corrected chi connectivity index (χ3v) is 6.84. The lowest BCUT2D eigenvalue weighted by molar-refractivity contribution is 0.464. The van der Waals surface area contributed by atoms with Gasteiger partial charge in [0.1, 0.15) is 17.5 Å². The van der Waals surface area contributed by atoms with Crippen molar-refractivity contribution < 1.29 is 0 Å². The Morgan fingerprint density at radius 1 is 0.781 bits per heavy atom. The first kappa shape index (κ1) is 19.4. The van der Waals surface area contributed by atoms with Crippen LogP contribution in [0.1, 0.15) is 49.7 Å². The highest BCUT2D eigenvalue weighted by molar-refractivity contribution is 5.91. The molecule has 1 fully saturated rings. The summed E-state index contributed by atoms with van der Waals surface area (Å²) in [7, 11) is 0. The topological polar surface area (TPSA) is 59.7 Å². The number of nitrogens with zero attached hydrogens (tertiary/aromatic N) is 6. The number of rotatable bonds is 3. The molecule has 1 unspecified atom stereocenters. The maximum absolute atomic E-state index is 5.09. The summed E-state index contributed by atoms with van der Waals surface area (Å²) < 4.78 is 2.41. The van der Waals surface area contributed by atoms with Crippen LogP contribution in [0.3, 0.4) is 0 Å². The van der Waals surface area contributed by atoms with Gasteiger partial charge in [-0.15, -0.1) is 10.2 Å². The Labute approximate surface area is 188 Å². The van der Waals surface area contributed by atoms with Gasteiger partial charge in [-0.05, 0) is 37.8 Å². The lowest BCUT2D eigenvalue weighted by Gasteiger charge is -2.34. The van der Waals surface area contributed by atoms with E-state index < -0.39 is 0 Å². The fourth-order valence-corrected chi connectivity index (χ4v) is 5.21. The summed E-state index contributed by atoms with van der Waals surface area (Å²) in [6.07, 6.45) is 7.08. The van der Waals surface area contributed by atoms with Crippen molar-refractivity contribution in [1.82, 2.24) is 24.7 Å². The fraction of sp³-hybridized carbons (Fsp3) is 0.385. The predicted octanol–water partition coefficient (Wildman–Crippen LogP) is 5.00. The van der Waals surface area contributed by atoms with Crippen LogP contribution in [0.4, 0.5) is 5.82 Å². The van der Waals surface area contributed by atoms with Gasteiger partial charge >= 0.3 is 0 Å². The first-order chi connectivity index (χ1) is 15.9. The number of piperidine rings is 1. The molecule has 6 nitrogen and oxygen atoms in total. The number of para-hydroxylation sites is 1. The molecule has 4 aromatic rings. The molecule has 0 saturated carbocycles. The average Bonchev–Trinajstić information content (AvgIpc) is 3.12. The molecule has 0 bridgehead atoms. The van der Waals surface area contributed by atoms with Crippen LogP contribution in [0.5, 0.6) is 0 Å². The van der Waals surface area contributed by atoms with Crippen molar-refractivity contribution in [2.45, 2.75) is 51.0 Å². The van der Waals surface area contributed by atoms with Gasteiger partial charge in [0.2, 0.25) is 0 Å². The molecule has 0 aliphatic carbocycles. The van der Waals surface area contributed by atoms with E-state index in [-0.39, 0.29) is 0 Å². The molecule has 0 radical (unpaired) electrons. The zero-order valence-electron chi connectivity index (χ0n) is 18.3. The van der Waals surface area contributed by atoms with Crippen molar-refractivity contribution in [1.29, 1.82) is 0 Å². The highest BCUT2D eigenvalue weighted by Crippen LogP contribution is 2.34. The molecule has 0 N–H and O–H groups in total. The lowest BCUT2D eigenvalue weighted by Crippen LogP contribution is -2.36. The molecule has 2 aromatic carbocycles. The summed E-state index contributed by atoms with van der Waals surface area (Å²) in [5.74, 6) is 4.56. The second kappa shape index (κ2) is 8.34. The number of benzene rings is 2. The monoisotopic (exact) mass is 424 g/mol. The quantitative estimate of drug-likeness (QED) is 0.463. The van der Waals surface area contributed by atoms with Crippen molar-refractivity contribution in [3.8, 4) is 11.4 Å². The van der Waals surface area contributed by atoms with Crippen LogP contribution >= 0.6 is 0 Å². The van der Waals surface area contributed by atoms with Crippen molar-refractivity contribution in [2.24, 2.45) is 0 Å². The molecule has 32 heavy (non-hydrogen) atoms. The Morgan fingerprint density at radius 3 is 2.59 bits per heavy atom. The minimum atomic E-state index is 0.386. The maximum atomic E-state index is 5.09. The summed E-state index contributed by atoms with van der Waals surface area (Å²) in [5, 5.41) is 10.4. The number of fused-ring (bicyclic) bond motifs is 2. The zero-order chi connectivity index (χ0) is 21.3. The first-order valence-electron chi connectivity index (χ1n) is 11.9. The van der Waals surface area contributed by atoms with Crippen LogP contribution in [0.25, 0.3) is 22.3 Å². The molecule has 1 saturated heterocycles. The summed E-state index contributed by atoms with van der Waals surface area (Å²) in [6, 6.07) is 18.6. The number of aryl methyl sites for hydroxylation is 1. The van der Waals surface area contributed by atoms with E-state index in [1.807, 2.05) is 18.2 Å². The van der Waals surface area contributed by atoms with E-state index in [2.05, 4.69) is 56.1 Å². The van der Waals surface area contributed by atoms with Crippen LogP contribution in [0.2, 0.25) is 0 Å². The van der Waals surface area contributed by atoms with Gasteiger partial charge in [0, 0.05) is 42.9 Å². The number of hydrogen-bond donors (Lipinski definition) is 0. The van der Waals surface area contributed by atoms with Crippen LogP contribution < -0.4 is 4.90 Å². The zero-order valence-corrected chi connectivity index (χ0v) is 18.3. The van der Waals surface area contributed by atoms with E-state index in [0.29, 0.717) is 5.92 Å². The minimum absolute atomic E-state index is 0.386. The van der Waals surface area contributed by atoms with Gasteiger partial charge < -0.3 is 9.47 Å². The van der Waals surface area contributed by atoms with E-state index in [9.17, 15) is 0 Å². The predicted molar refractivity (Wildman–Crippen MR) is 127 cm³/mol. The SMILES string of the molecule is c1ccc(-c2nc(N3CCCC(c4nnc5n4CCCCC5)C3)c3ccccc3n2)cc1. The van der Waals surface area contributed by atoms with Gasteiger partial charge in [0.05, 0.1) is 5.52 Å². The molecule has 0 spiro atoms. The Morgan fingerprint density at radius 2 is 1.66 bits per heavy atom. The summed E-state index contributed by atoms with van der Waals surface area (Å²) in [5.41, 5.74) is 2.05. The van der Waals surface area contributed by atoms with E-state index >= 15 is 0 Å². The molecule has 2 aromatic heterocycles. The third kappa shape index (κ3) is 3.53. The number of anilines is 1. The normalized spacial score (nSPS) is 19.0. The highest BCUT2D eigenvalue weighted by Gasteiger charge is 2.29. The number of aromatic nitrogens is 5. The number of hydrogen-bond acceptors (Lipinski definition) is 5. The molecule has 6 rings (SSSR count). The van der Waals surface area contributed by atoms with Crippen LogP contribution in [-0.2, 0) is 13.0 Å². The van der Waals surface area contributed by atoms with E-state index in [1.54, 1.807) is 0 Å². The van der Waals surface area contributed by atoms with Gasteiger partial charge in [0.25, 0.3) is 0 Å². The molecule has 2 aliphatic heterocycles. The molecular formula is C26H28N6. The Balaban J connectivity index is 1.38. The largest absolute Gasteiger partial charge is 0.355 e. The molecule has 1 atom stereocenters. The Kier molecular flexibility index (Phi) is 5.06. The highest BCUT2D eigenvalue weighted by atomic mass is 15.3. The molecule has 4 heterocycles. The Bertz CT molecular complexity index is 1230. The van der Waals surface area contributed by atoms with Crippen molar-refractivity contribution in [3.63, 3.8) is 0 Å². The third-order valence-electron chi connectivity index (χ3n) is 6.84. The second-order valence-corrected chi connectivity index (χ2v) is 8.98. The van der Waals surface area contributed by atoms with E-state index in [1.165, 1.54) is 30.9 Å². The molecule has 2 aliphatic rings. The minimum Gasteiger partial charge on any atom is -0.355 e. The van der Waals surface area contributed by atoms with Crippen molar-refractivity contribution in [2.75, 3.05) is 18.0 Å². The second-order valence-electron chi connectivity index (χ2n) is 8.98. The van der Waals surface area contributed by atoms with Gasteiger partial charge in [-0.2, -0.15) is 0 Å². The van der Waals surface area contributed by atoms with Crippen molar-refractivity contribution in [3.05, 3.63) is 66.2 Å². The van der Waals surface area contributed by atoms with Crippen LogP contribution in [0, 0.1) is 0 Å². The standard InChI is InChI=1S/C26H28N6/c1-3-10-19(11-4-1)24-27-22-14-7-6-13-21(22)26(28-24)31-16-9-12-20(18-31)25-30-29-23-15-5-2-8-17-32(23)25/h1,3-4,6-7,10-11,13-14,20H,2,5,8-9,12,15-18H2. The van der Waals surface area contributed by atoms with Gasteiger partial charge in [0.15, 0.2) is 5.82 Å². The van der Waals surface area contributed by atoms with Gasteiger partial charge in [-0.3, -0.25) is 0 Å². The molecule has 162 valence electrons. The van der Waals surface area contributed by atoms with Gasteiger partial charge in [-0.25, -0.2) is 9.97 Å². The lowest BCUT2D eigenvalue weighted by atomic mass is 9.96. The molecule has 6 heteroatoms.